The van der Waals surface area contributed by atoms with Gasteiger partial charge in [-0.25, -0.2) is 0 Å². The van der Waals surface area contributed by atoms with Crippen molar-refractivity contribution >= 4 is 0 Å². The van der Waals surface area contributed by atoms with E-state index in [9.17, 15) is 13.2 Å². The first-order valence-corrected chi connectivity index (χ1v) is 45.5. The van der Waals surface area contributed by atoms with E-state index in [1.165, 1.54) is 213 Å². The van der Waals surface area contributed by atoms with Gasteiger partial charge in [0.1, 0.15) is 0 Å². The Morgan fingerprint density at radius 1 is 0.495 bits per heavy atom. The van der Waals surface area contributed by atoms with Crippen molar-refractivity contribution in [2.45, 2.75) is 472 Å². The SMILES string of the molecule is CC(C)C1CC1.CC(C)C1CNC1.CC(C)CC(C)(C)C(F)(F)F.CC(C)CC1CCCO1.CC(C)CCC1(C)CCCC1.CC(C)OC(C)(C)C.CCC(C#N)C(C)C.CCC(C)C.CCC1(CC(C)C)CCC1.CCC1(CC(C)C)CCOCC1.CCC1CCC(C(C)C)CC1.CCCCC(C)C. The third kappa shape index (κ3) is 67.4. The molecule has 0 spiro atoms. The lowest BCUT2D eigenvalue weighted by Gasteiger charge is -2.42. The summed E-state index contributed by atoms with van der Waals surface area (Å²) in [6.45, 7) is 83.4. The highest BCUT2D eigenvalue weighted by Gasteiger charge is 2.47. The largest absolute Gasteiger partial charge is 0.393 e. The number of ether oxygens (including phenoxy) is 3. The van der Waals surface area contributed by atoms with Gasteiger partial charge in [-0.2, -0.15) is 18.4 Å². The lowest BCUT2D eigenvalue weighted by Crippen LogP contribution is -2.44. The fourth-order valence-corrected chi connectivity index (χ4v) is 15.1. The van der Waals surface area contributed by atoms with E-state index < -0.39 is 11.6 Å². The first kappa shape index (κ1) is 113. The Kier molecular flexibility index (Phi) is 68.2. The van der Waals surface area contributed by atoms with Gasteiger partial charge in [0.05, 0.1) is 29.3 Å². The molecule has 5 nitrogen and oxygen atoms in total. The first-order chi connectivity index (χ1) is 48.5. The summed E-state index contributed by atoms with van der Waals surface area (Å²) in [6.07, 6.45) is 39.1. The van der Waals surface area contributed by atoms with Gasteiger partial charge < -0.3 is 19.5 Å². The number of hydrogen-bond acceptors (Lipinski definition) is 5. The summed E-state index contributed by atoms with van der Waals surface area (Å²) in [5.41, 5.74) is 0.611. The molecule has 3 heterocycles. The van der Waals surface area contributed by atoms with Crippen LogP contribution in [0, 0.1) is 128 Å². The van der Waals surface area contributed by atoms with Gasteiger partial charge in [-0.05, 0) is 268 Å². The molecule has 0 aromatic heterocycles. The van der Waals surface area contributed by atoms with Gasteiger partial charge in [0.25, 0.3) is 0 Å². The van der Waals surface area contributed by atoms with E-state index in [2.05, 4.69) is 212 Å². The normalized spacial score (nSPS) is 20.4. The molecule has 3 aliphatic heterocycles. The van der Waals surface area contributed by atoms with Crippen molar-refractivity contribution in [2.24, 2.45) is 116 Å². The number of nitrogens with one attached hydrogen (secondary N) is 1. The Hall–Kier alpha value is -0.880. The Balaban J connectivity index is -0.000000349. The first-order valence-electron chi connectivity index (χ1n) is 45.5. The van der Waals surface area contributed by atoms with Crippen LogP contribution in [0.4, 0.5) is 13.2 Å². The van der Waals surface area contributed by atoms with E-state index in [0.29, 0.717) is 23.5 Å². The smallest absolute Gasteiger partial charge is 0.381 e. The highest BCUT2D eigenvalue weighted by atomic mass is 19.4. The molecule has 7 fully saturated rings. The lowest BCUT2D eigenvalue weighted by molar-refractivity contribution is -0.216. The minimum atomic E-state index is -4.07. The second-order valence-electron chi connectivity index (χ2n) is 40.7. The molecule has 7 rings (SSSR count). The summed E-state index contributed by atoms with van der Waals surface area (Å²) >= 11 is 0. The number of alkyl halides is 3. The molecular weight excluding hydrogens is 1300 g/mol. The van der Waals surface area contributed by atoms with Gasteiger partial charge in [-0.3, -0.25) is 0 Å². The van der Waals surface area contributed by atoms with E-state index >= 15 is 0 Å². The van der Waals surface area contributed by atoms with Gasteiger partial charge in [-0.1, -0.05) is 298 Å². The van der Waals surface area contributed by atoms with Crippen molar-refractivity contribution in [2.75, 3.05) is 32.9 Å². The summed E-state index contributed by atoms with van der Waals surface area (Å²) in [4.78, 5) is 0. The number of hydrogen-bond donors (Lipinski definition) is 1. The van der Waals surface area contributed by atoms with Gasteiger partial charge in [0, 0.05) is 25.7 Å². The van der Waals surface area contributed by atoms with Crippen molar-refractivity contribution in [3.63, 3.8) is 0 Å². The average molecular weight is 1500 g/mol. The molecule has 0 amide bonds. The maximum Gasteiger partial charge on any atom is 0.393 e. The van der Waals surface area contributed by atoms with Gasteiger partial charge in [-0.15, -0.1) is 0 Å². The summed E-state index contributed by atoms with van der Waals surface area (Å²) in [5, 5.41) is 11.7. The molecule has 4 saturated carbocycles. The molecule has 7 aliphatic rings. The second-order valence-corrected chi connectivity index (χ2v) is 40.7. The Bertz CT molecular complexity index is 1880. The standard InChI is InChI=1S/C11H22O.2C11H22.C10H20.C8H15F3.C8H16O.C7H13N.C7H16O.C7H16.C6H13N.C6H12.C5H12/c1-4-11(9-10(2)3)5-7-12-8-6-11;1-10(2)6-9-11(3)7-4-5-8-11;1-4-10-5-7-11(8-6-10)9(2)3;1-4-10(6-5-7-10)8-9(2)3;1-6(2)5-7(3,4)8(9,10)11;1-7(2)6-8-4-3-5-9-8;1-4-7(5-8)6(2)3;1-6(2)8-7(3,4)5;1-4-5-6-7(2)3;1-5(2)6-3-7-4-6;1-5(2)6-3-4-6;1-4-5(2)3/h10H,4-9H2,1-3H3;10H,4-9H2,1-3H3;9-11H,4-8H2,1-3H3;9H,4-8H2,1-3H3;6H,5H2,1-4H3;7-8H,3-6H2,1-2H3;6-7H,4H2,1-3H3;6H,1-5H3;7H,4-6H2,1-3H3;5-7H,3-4H2,1-2H3;5-6H,3-4H2,1-2H3;5H,4H2,1-3H3. The molecule has 0 aromatic carbocycles. The Morgan fingerprint density at radius 3 is 1.12 bits per heavy atom. The van der Waals surface area contributed by atoms with Crippen molar-refractivity contribution in [1.29, 1.82) is 5.26 Å². The van der Waals surface area contributed by atoms with Crippen LogP contribution in [-0.4, -0.2) is 56.9 Å². The van der Waals surface area contributed by atoms with Crippen LogP contribution in [0.1, 0.15) is 448 Å². The van der Waals surface area contributed by atoms with E-state index in [1.807, 2.05) is 20.8 Å². The zero-order valence-corrected chi connectivity index (χ0v) is 78.7. The Labute approximate surface area is 662 Å². The maximum absolute atomic E-state index is 12.2. The molecule has 105 heavy (non-hydrogen) atoms. The number of halogens is 3. The van der Waals surface area contributed by atoms with Crippen molar-refractivity contribution in [3.8, 4) is 6.07 Å². The summed E-state index contributed by atoms with van der Waals surface area (Å²) in [5.74, 6) is 13.0. The highest BCUT2D eigenvalue weighted by molar-refractivity contribution is 4.88. The van der Waals surface area contributed by atoms with Crippen molar-refractivity contribution in [3.05, 3.63) is 0 Å². The van der Waals surface area contributed by atoms with Crippen molar-refractivity contribution < 1.29 is 27.4 Å². The number of unbranched alkanes of at least 4 members (excludes halogenated alkanes) is 1. The van der Waals surface area contributed by atoms with E-state index in [-0.39, 0.29) is 23.9 Å². The zero-order chi connectivity index (χ0) is 82.4. The third-order valence-electron chi connectivity index (χ3n) is 23.4. The molecule has 0 aromatic rings. The van der Waals surface area contributed by atoms with Crippen LogP contribution in [0.2, 0.25) is 0 Å². The van der Waals surface area contributed by atoms with Crippen LogP contribution >= 0.6 is 0 Å². The van der Waals surface area contributed by atoms with Gasteiger partial charge >= 0.3 is 6.18 Å². The summed E-state index contributed by atoms with van der Waals surface area (Å²) in [6, 6.07) is 2.25. The van der Waals surface area contributed by atoms with Gasteiger partial charge in [0.15, 0.2) is 0 Å². The molecule has 636 valence electrons. The van der Waals surface area contributed by atoms with E-state index in [1.54, 1.807) is 13.8 Å². The van der Waals surface area contributed by atoms with Crippen LogP contribution in [0.25, 0.3) is 0 Å². The van der Waals surface area contributed by atoms with Crippen LogP contribution in [0.5, 0.6) is 0 Å². The maximum atomic E-state index is 12.2. The molecule has 0 bridgehead atoms. The molecule has 4 aliphatic carbocycles. The molecule has 8 heteroatoms. The van der Waals surface area contributed by atoms with Crippen LogP contribution in [0.3, 0.4) is 0 Å². The predicted octanol–water partition coefficient (Wildman–Crippen LogP) is 32.7. The van der Waals surface area contributed by atoms with Crippen LogP contribution in [-0.2, 0) is 14.2 Å². The van der Waals surface area contributed by atoms with E-state index in [0.717, 1.165) is 114 Å². The predicted molar refractivity (Wildman–Crippen MR) is 466 cm³/mol. The molecule has 1 N–H and O–H groups in total. The monoisotopic (exact) mass is 1500 g/mol. The Morgan fingerprint density at radius 2 is 0.933 bits per heavy atom. The molecule has 2 atom stereocenters. The van der Waals surface area contributed by atoms with Crippen LogP contribution in [0.15, 0.2) is 0 Å². The molecule has 2 unspecified atom stereocenters. The fourth-order valence-electron chi connectivity index (χ4n) is 15.1. The topological polar surface area (TPSA) is 63.5 Å². The quantitative estimate of drug-likeness (QED) is 0.104. The minimum Gasteiger partial charge on any atom is -0.381 e. The average Bonchev–Trinajstić information content (AvgIpc) is 1.76. The number of rotatable bonds is 24. The summed E-state index contributed by atoms with van der Waals surface area (Å²) < 4.78 is 52.9. The highest BCUT2D eigenvalue weighted by Crippen LogP contribution is 2.49. The zero-order valence-electron chi connectivity index (χ0n) is 78.7. The molecule has 3 saturated heterocycles. The van der Waals surface area contributed by atoms with Gasteiger partial charge in [0.2, 0.25) is 0 Å². The number of nitriles is 1. The third-order valence-corrected chi connectivity index (χ3v) is 23.4. The lowest BCUT2D eigenvalue weighted by atomic mass is 9.63. The fraction of sp³-hybridized carbons (Fsp3) is 0.990. The van der Waals surface area contributed by atoms with Crippen LogP contribution < -0.4 is 5.32 Å². The van der Waals surface area contributed by atoms with Crippen molar-refractivity contribution in [1.82, 2.24) is 5.32 Å². The number of nitrogens with zero attached hydrogens (tertiary/aromatic N) is 1. The molecular formula is C97H199F3N2O3. The minimum absolute atomic E-state index is 0.0220. The second kappa shape index (κ2) is 63.5. The molecule has 0 radical (unpaired) electrons. The summed E-state index contributed by atoms with van der Waals surface area (Å²) in [7, 11) is 0. The van der Waals surface area contributed by atoms with E-state index in [4.69, 9.17) is 19.5 Å².